The molecule has 15 heavy (non-hydrogen) atoms. The van der Waals surface area contributed by atoms with Gasteiger partial charge in [0.15, 0.2) is 0 Å². The molecule has 1 N–H and O–H groups in total. The lowest BCUT2D eigenvalue weighted by Gasteiger charge is -2.22. The molecule has 86 valence electrons. The molecule has 2 aliphatic heterocycles. The van der Waals surface area contributed by atoms with E-state index in [0.717, 1.165) is 31.9 Å². The largest absolute Gasteiger partial charge is 0.342 e. The first-order valence-corrected chi connectivity index (χ1v) is 7.13. The summed E-state index contributed by atoms with van der Waals surface area (Å²) in [4.78, 5) is 13.9. The number of nitrogens with zero attached hydrogens (tertiary/aromatic N) is 1. The monoisotopic (exact) mass is 228 g/mol. The molecule has 0 aromatic carbocycles. The van der Waals surface area contributed by atoms with E-state index in [1.807, 2.05) is 0 Å². The summed E-state index contributed by atoms with van der Waals surface area (Å²) in [6.07, 6.45) is 5.22. The van der Waals surface area contributed by atoms with Crippen molar-refractivity contribution in [3.63, 3.8) is 0 Å². The van der Waals surface area contributed by atoms with Gasteiger partial charge in [0.2, 0.25) is 5.91 Å². The molecule has 0 aromatic heterocycles. The van der Waals surface area contributed by atoms with Gasteiger partial charge in [0.05, 0.1) is 0 Å². The van der Waals surface area contributed by atoms with Crippen molar-refractivity contribution in [2.24, 2.45) is 5.41 Å². The van der Waals surface area contributed by atoms with Crippen LogP contribution >= 0.6 is 11.8 Å². The summed E-state index contributed by atoms with van der Waals surface area (Å²) in [5.74, 6) is 1.31. The Morgan fingerprint density at radius 1 is 1.53 bits per heavy atom. The van der Waals surface area contributed by atoms with E-state index in [4.69, 9.17) is 0 Å². The van der Waals surface area contributed by atoms with Gasteiger partial charge >= 0.3 is 0 Å². The molecule has 1 spiro atoms. The standard InChI is InChI=1S/C11H20N2OS/c1-15-7-2-10(14)13-6-4-11(9-13)3-5-12-8-11/h12H,2-9H2,1H3. The highest BCUT2D eigenvalue weighted by Crippen LogP contribution is 2.36. The molecule has 1 amide bonds. The maximum Gasteiger partial charge on any atom is 0.223 e. The number of thioether (sulfide) groups is 1. The Morgan fingerprint density at radius 2 is 2.40 bits per heavy atom. The van der Waals surface area contributed by atoms with Crippen LogP contribution in [-0.2, 0) is 4.79 Å². The Labute approximate surface area is 96.0 Å². The Morgan fingerprint density at radius 3 is 3.07 bits per heavy atom. The van der Waals surface area contributed by atoms with Crippen LogP contribution < -0.4 is 5.32 Å². The summed E-state index contributed by atoms with van der Waals surface area (Å²) in [5, 5.41) is 3.42. The summed E-state index contributed by atoms with van der Waals surface area (Å²) >= 11 is 1.75. The normalized spacial score (nSPS) is 30.3. The van der Waals surface area contributed by atoms with Gasteiger partial charge in [-0.1, -0.05) is 0 Å². The number of carbonyl (C=O) groups excluding carboxylic acids is 1. The van der Waals surface area contributed by atoms with E-state index < -0.39 is 0 Å². The molecule has 0 saturated carbocycles. The van der Waals surface area contributed by atoms with Crippen LogP contribution in [0, 0.1) is 5.41 Å². The third-order valence-electron chi connectivity index (χ3n) is 3.64. The average Bonchev–Trinajstić information content (AvgIpc) is 2.86. The number of rotatable bonds is 3. The fourth-order valence-electron chi connectivity index (χ4n) is 2.64. The molecule has 2 aliphatic rings. The lowest BCUT2D eigenvalue weighted by molar-refractivity contribution is -0.130. The van der Waals surface area contributed by atoms with Gasteiger partial charge in [0.25, 0.3) is 0 Å². The second kappa shape index (κ2) is 4.74. The molecule has 0 bridgehead atoms. The summed E-state index contributed by atoms with van der Waals surface area (Å²) < 4.78 is 0. The van der Waals surface area contributed by atoms with Crippen molar-refractivity contribution in [2.75, 3.05) is 38.2 Å². The maximum atomic E-state index is 11.8. The van der Waals surface area contributed by atoms with Crippen molar-refractivity contribution in [3.8, 4) is 0 Å². The molecular weight excluding hydrogens is 208 g/mol. The van der Waals surface area contributed by atoms with E-state index in [1.165, 1.54) is 12.8 Å². The van der Waals surface area contributed by atoms with E-state index in [-0.39, 0.29) is 0 Å². The fraction of sp³-hybridized carbons (Fsp3) is 0.909. The number of hydrogen-bond acceptors (Lipinski definition) is 3. The molecule has 0 aliphatic carbocycles. The summed E-state index contributed by atoms with van der Waals surface area (Å²) in [5.41, 5.74) is 0.426. The molecule has 2 heterocycles. The van der Waals surface area contributed by atoms with Gasteiger partial charge in [-0.3, -0.25) is 4.79 Å². The second-order valence-electron chi connectivity index (χ2n) is 4.73. The highest BCUT2D eigenvalue weighted by atomic mass is 32.2. The predicted molar refractivity (Wildman–Crippen MR) is 64.1 cm³/mol. The van der Waals surface area contributed by atoms with Gasteiger partial charge in [-0.05, 0) is 25.6 Å². The third kappa shape index (κ3) is 2.48. The van der Waals surface area contributed by atoms with Crippen LogP contribution in [0.15, 0.2) is 0 Å². The van der Waals surface area contributed by atoms with Crippen molar-refractivity contribution in [2.45, 2.75) is 19.3 Å². The van der Waals surface area contributed by atoms with Crippen LogP contribution in [0.2, 0.25) is 0 Å². The molecule has 4 heteroatoms. The summed E-state index contributed by atoms with van der Waals surface area (Å²) in [7, 11) is 0. The molecule has 0 radical (unpaired) electrons. The van der Waals surface area contributed by atoms with Crippen LogP contribution in [0.1, 0.15) is 19.3 Å². The van der Waals surface area contributed by atoms with E-state index in [0.29, 0.717) is 17.7 Å². The average molecular weight is 228 g/mol. The molecule has 1 atom stereocenters. The summed E-state index contributed by atoms with van der Waals surface area (Å²) in [6.45, 7) is 4.22. The lowest BCUT2D eigenvalue weighted by atomic mass is 9.87. The van der Waals surface area contributed by atoms with E-state index in [9.17, 15) is 4.79 Å². The Bertz CT molecular complexity index is 239. The Hall–Kier alpha value is -0.220. The number of carbonyl (C=O) groups is 1. The number of nitrogens with one attached hydrogen (secondary N) is 1. The molecular formula is C11H20N2OS. The zero-order valence-electron chi connectivity index (χ0n) is 9.42. The molecule has 2 fully saturated rings. The number of hydrogen-bond donors (Lipinski definition) is 1. The Balaban J connectivity index is 1.83. The molecule has 1 unspecified atom stereocenters. The van der Waals surface area contributed by atoms with Gasteiger partial charge in [-0.15, -0.1) is 0 Å². The maximum absolute atomic E-state index is 11.8. The van der Waals surface area contributed by atoms with Crippen LogP contribution in [0.5, 0.6) is 0 Å². The van der Waals surface area contributed by atoms with Crippen LogP contribution in [0.25, 0.3) is 0 Å². The van der Waals surface area contributed by atoms with Crippen molar-refractivity contribution in [3.05, 3.63) is 0 Å². The van der Waals surface area contributed by atoms with E-state index in [2.05, 4.69) is 16.5 Å². The highest BCUT2D eigenvalue weighted by Gasteiger charge is 2.41. The van der Waals surface area contributed by atoms with Gasteiger partial charge < -0.3 is 10.2 Å². The van der Waals surface area contributed by atoms with E-state index in [1.54, 1.807) is 11.8 Å². The minimum Gasteiger partial charge on any atom is -0.342 e. The quantitative estimate of drug-likeness (QED) is 0.780. The first-order chi connectivity index (χ1) is 7.26. The minimum absolute atomic E-state index is 0.355. The van der Waals surface area contributed by atoms with Crippen molar-refractivity contribution in [1.82, 2.24) is 10.2 Å². The molecule has 0 aromatic rings. The first-order valence-electron chi connectivity index (χ1n) is 5.73. The van der Waals surface area contributed by atoms with Crippen LogP contribution in [0.4, 0.5) is 0 Å². The molecule has 2 rings (SSSR count). The minimum atomic E-state index is 0.355. The van der Waals surface area contributed by atoms with Gasteiger partial charge in [0.1, 0.15) is 0 Å². The van der Waals surface area contributed by atoms with Crippen molar-refractivity contribution in [1.29, 1.82) is 0 Å². The second-order valence-corrected chi connectivity index (χ2v) is 5.72. The molecule has 3 nitrogen and oxygen atoms in total. The zero-order chi connectivity index (χ0) is 10.7. The van der Waals surface area contributed by atoms with Gasteiger partial charge in [-0.25, -0.2) is 0 Å². The molecule has 2 saturated heterocycles. The number of amides is 1. The van der Waals surface area contributed by atoms with Crippen molar-refractivity contribution < 1.29 is 4.79 Å². The summed E-state index contributed by atoms with van der Waals surface area (Å²) in [6, 6.07) is 0. The van der Waals surface area contributed by atoms with E-state index >= 15 is 0 Å². The lowest BCUT2D eigenvalue weighted by Crippen LogP contribution is -2.33. The van der Waals surface area contributed by atoms with Crippen molar-refractivity contribution >= 4 is 17.7 Å². The smallest absolute Gasteiger partial charge is 0.223 e. The van der Waals surface area contributed by atoms with Gasteiger partial charge in [-0.2, -0.15) is 11.8 Å². The number of likely N-dealkylation sites (tertiary alicyclic amines) is 1. The fourth-order valence-corrected chi connectivity index (χ4v) is 3.02. The first kappa shape index (κ1) is 11.3. The highest BCUT2D eigenvalue weighted by molar-refractivity contribution is 7.98. The zero-order valence-corrected chi connectivity index (χ0v) is 10.2. The SMILES string of the molecule is CSCCC(=O)N1CCC2(CCNC2)C1. The van der Waals surface area contributed by atoms with Crippen LogP contribution in [0.3, 0.4) is 0 Å². The van der Waals surface area contributed by atoms with Gasteiger partial charge in [0, 0.05) is 37.2 Å². The topological polar surface area (TPSA) is 32.3 Å². The Kier molecular flexibility index (Phi) is 3.57. The predicted octanol–water partition coefficient (Wildman–Crippen LogP) is 0.952. The third-order valence-corrected chi connectivity index (χ3v) is 4.26. The van der Waals surface area contributed by atoms with Crippen LogP contribution in [-0.4, -0.2) is 49.0 Å².